The number of fused-ring (bicyclic) bond motifs is 1. The zero-order valence-electron chi connectivity index (χ0n) is 8.88. The largest absolute Gasteiger partial charge is 0.311 e. The van der Waals surface area contributed by atoms with Crippen LogP contribution in [0.5, 0.6) is 0 Å². The third-order valence-corrected chi connectivity index (χ3v) is 4.23. The van der Waals surface area contributed by atoms with E-state index in [1.165, 1.54) is 0 Å². The van der Waals surface area contributed by atoms with Gasteiger partial charge in [-0.25, -0.2) is 4.99 Å². The molecule has 17 heavy (non-hydrogen) atoms. The van der Waals surface area contributed by atoms with E-state index in [0.717, 1.165) is 20.7 Å². The standard InChI is InChI=1S/C12H10BrN3S/c13-9-3-1-2-4-10(9)16-7-15-12-8(11(16)14)5-6-17-12/h1-7,11H,14H2/t11-/m0/s1. The summed E-state index contributed by atoms with van der Waals surface area (Å²) in [6.07, 6.45) is 1.62. The van der Waals surface area contributed by atoms with Crippen molar-refractivity contribution in [2.75, 3.05) is 4.90 Å². The van der Waals surface area contributed by atoms with Crippen molar-refractivity contribution in [3.05, 3.63) is 45.7 Å². The van der Waals surface area contributed by atoms with Gasteiger partial charge in [-0.2, -0.15) is 0 Å². The van der Waals surface area contributed by atoms with Crippen LogP contribution in [0, 0.1) is 0 Å². The molecule has 86 valence electrons. The van der Waals surface area contributed by atoms with Gasteiger partial charge in [0.15, 0.2) is 0 Å². The summed E-state index contributed by atoms with van der Waals surface area (Å²) in [5.41, 5.74) is 8.36. The summed E-state index contributed by atoms with van der Waals surface area (Å²) in [6, 6.07) is 10.0. The summed E-state index contributed by atoms with van der Waals surface area (Å²) in [5, 5.41) is 3.02. The monoisotopic (exact) mass is 307 g/mol. The molecule has 5 heteroatoms. The van der Waals surface area contributed by atoms with Gasteiger partial charge in [0, 0.05) is 10.0 Å². The van der Waals surface area contributed by atoms with Crippen molar-refractivity contribution < 1.29 is 0 Å². The van der Waals surface area contributed by atoms with E-state index in [9.17, 15) is 0 Å². The minimum Gasteiger partial charge on any atom is -0.311 e. The fourth-order valence-corrected chi connectivity index (χ4v) is 3.12. The molecule has 1 aliphatic heterocycles. The summed E-state index contributed by atoms with van der Waals surface area (Å²) in [7, 11) is 0. The molecule has 1 aromatic heterocycles. The lowest BCUT2D eigenvalue weighted by atomic mass is 10.2. The van der Waals surface area contributed by atoms with Crippen LogP contribution in [0.15, 0.2) is 45.2 Å². The highest BCUT2D eigenvalue weighted by atomic mass is 79.9. The van der Waals surface area contributed by atoms with Crippen molar-refractivity contribution in [3.8, 4) is 0 Å². The first-order valence-corrected chi connectivity index (χ1v) is 6.84. The zero-order valence-corrected chi connectivity index (χ0v) is 11.3. The van der Waals surface area contributed by atoms with Crippen LogP contribution in [0.1, 0.15) is 11.7 Å². The Morgan fingerprint density at radius 3 is 2.94 bits per heavy atom. The molecule has 2 heterocycles. The highest BCUT2D eigenvalue weighted by Gasteiger charge is 2.23. The van der Waals surface area contributed by atoms with Gasteiger partial charge in [-0.3, -0.25) is 0 Å². The van der Waals surface area contributed by atoms with Crippen molar-refractivity contribution in [3.63, 3.8) is 0 Å². The molecule has 0 amide bonds. The summed E-state index contributed by atoms with van der Waals surface area (Å²) in [5.74, 6) is 0. The average Bonchev–Trinajstić information content (AvgIpc) is 2.80. The van der Waals surface area contributed by atoms with Gasteiger partial charge in [-0.05, 0) is 39.5 Å². The molecule has 0 bridgehead atoms. The first-order chi connectivity index (χ1) is 8.27. The smallest absolute Gasteiger partial charge is 0.124 e. The second kappa shape index (κ2) is 4.25. The van der Waals surface area contributed by atoms with E-state index in [2.05, 4.69) is 20.9 Å². The highest BCUT2D eigenvalue weighted by Crippen LogP contribution is 2.38. The molecule has 1 atom stereocenters. The molecule has 0 unspecified atom stereocenters. The van der Waals surface area contributed by atoms with Crippen LogP contribution < -0.4 is 10.6 Å². The zero-order chi connectivity index (χ0) is 11.8. The molecule has 3 rings (SSSR count). The molecule has 0 saturated carbocycles. The molecule has 2 aromatic rings. The molecular formula is C12H10BrN3S. The Labute approximate surface area is 112 Å². The number of rotatable bonds is 1. The van der Waals surface area contributed by atoms with E-state index in [1.54, 1.807) is 17.7 Å². The lowest BCUT2D eigenvalue weighted by molar-refractivity contribution is 0.753. The van der Waals surface area contributed by atoms with Crippen molar-refractivity contribution in [2.45, 2.75) is 6.17 Å². The lowest BCUT2D eigenvalue weighted by Crippen LogP contribution is -2.35. The number of thiophene rings is 1. The van der Waals surface area contributed by atoms with Crippen LogP contribution in [0.25, 0.3) is 0 Å². The van der Waals surface area contributed by atoms with E-state index in [-0.39, 0.29) is 6.17 Å². The van der Waals surface area contributed by atoms with Crippen molar-refractivity contribution >= 4 is 44.3 Å². The predicted molar refractivity (Wildman–Crippen MR) is 76.0 cm³/mol. The number of halogens is 1. The maximum atomic E-state index is 6.26. The SMILES string of the molecule is N[C@@H]1c2ccsc2N=CN1c1ccccc1Br. The number of aliphatic imine (C=N–C) groups is 1. The van der Waals surface area contributed by atoms with E-state index < -0.39 is 0 Å². The van der Waals surface area contributed by atoms with Crippen molar-refractivity contribution in [1.82, 2.24) is 0 Å². The van der Waals surface area contributed by atoms with Gasteiger partial charge in [0.2, 0.25) is 0 Å². The maximum Gasteiger partial charge on any atom is 0.124 e. The Hall–Kier alpha value is -1.17. The number of benzene rings is 1. The lowest BCUT2D eigenvalue weighted by Gasteiger charge is -2.30. The van der Waals surface area contributed by atoms with Gasteiger partial charge in [-0.1, -0.05) is 12.1 Å². The Bertz CT molecular complexity index is 579. The molecule has 1 aromatic carbocycles. The normalized spacial score (nSPS) is 18.2. The summed E-state index contributed by atoms with van der Waals surface area (Å²) < 4.78 is 1.01. The van der Waals surface area contributed by atoms with Gasteiger partial charge in [0.25, 0.3) is 0 Å². The van der Waals surface area contributed by atoms with Gasteiger partial charge in [-0.15, -0.1) is 11.3 Å². The van der Waals surface area contributed by atoms with Crippen LogP contribution >= 0.6 is 27.3 Å². The second-order valence-corrected chi connectivity index (χ2v) is 5.48. The van der Waals surface area contributed by atoms with E-state index >= 15 is 0 Å². The Morgan fingerprint density at radius 2 is 2.12 bits per heavy atom. The Morgan fingerprint density at radius 1 is 1.29 bits per heavy atom. The van der Waals surface area contributed by atoms with Crippen LogP contribution in [-0.4, -0.2) is 6.34 Å². The van der Waals surface area contributed by atoms with Crippen LogP contribution in [0.3, 0.4) is 0 Å². The third-order valence-electron chi connectivity index (χ3n) is 2.72. The fraction of sp³-hybridized carbons (Fsp3) is 0.0833. The third kappa shape index (κ3) is 1.80. The Balaban J connectivity index is 2.05. The summed E-state index contributed by atoms with van der Waals surface area (Å²) in [4.78, 5) is 6.39. The number of para-hydroxylation sites is 1. The molecule has 0 spiro atoms. The topological polar surface area (TPSA) is 41.6 Å². The predicted octanol–water partition coefficient (Wildman–Crippen LogP) is 3.65. The van der Waals surface area contributed by atoms with E-state index in [4.69, 9.17) is 5.73 Å². The molecule has 0 radical (unpaired) electrons. The molecule has 3 nitrogen and oxygen atoms in total. The average molecular weight is 308 g/mol. The maximum absolute atomic E-state index is 6.26. The second-order valence-electron chi connectivity index (χ2n) is 3.73. The van der Waals surface area contributed by atoms with Crippen LogP contribution in [0.2, 0.25) is 0 Å². The number of anilines is 1. The van der Waals surface area contributed by atoms with Gasteiger partial charge < -0.3 is 10.6 Å². The number of nitrogens with zero attached hydrogens (tertiary/aromatic N) is 2. The van der Waals surface area contributed by atoms with Gasteiger partial charge in [0.1, 0.15) is 11.2 Å². The van der Waals surface area contributed by atoms with Crippen LogP contribution in [0.4, 0.5) is 10.7 Å². The molecular weight excluding hydrogens is 298 g/mol. The number of hydrogen-bond donors (Lipinski definition) is 1. The van der Waals surface area contributed by atoms with Crippen LogP contribution in [-0.2, 0) is 0 Å². The number of nitrogens with two attached hydrogens (primary N) is 1. The van der Waals surface area contributed by atoms with Crippen molar-refractivity contribution in [2.24, 2.45) is 10.7 Å². The quantitative estimate of drug-likeness (QED) is 0.874. The van der Waals surface area contributed by atoms with E-state index in [0.29, 0.717) is 0 Å². The molecule has 0 saturated heterocycles. The first-order valence-electron chi connectivity index (χ1n) is 5.17. The molecule has 1 aliphatic rings. The Kier molecular flexibility index (Phi) is 2.74. The minimum atomic E-state index is -0.174. The molecule has 2 N–H and O–H groups in total. The number of hydrogen-bond acceptors (Lipinski definition) is 4. The van der Waals surface area contributed by atoms with E-state index in [1.807, 2.05) is 40.6 Å². The summed E-state index contributed by atoms with van der Waals surface area (Å²) >= 11 is 5.15. The first kappa shape index (κ1) is 11.0. The molecule has 0 fully saturated rings. The van der Waals surface area contributed by atoms with Crippen molar-refractivity contribution in [1.29, 1.82) is 0 Å². The fourth-order valence-electron chi connectivity index (χ4n) is 1.85. The minimum absolute atomic E-state index is 0.174. The summed E-state index contributed by atoms with van der Waals surface area (Å²) in [6.45, 7) is 0. The van der Waals surface area contributed by atoms with Gasteiger partial charge >= 0.3 is 0 Å². The highest BCUT2D eigenvalue weighted by molar-refractivity contribution is 9.10. The molecule has 0 aliphatic carbocycles. The van der Waals surface area contributed by atoms with Gasteiger partial charge in [0.05, 0.1) is 12.0 Å².